The Balaban J connectivity index is 2.17. The van der Waals surface area contributed by atoms with Gasteiger partial charge in [-0.25, -0.2) is 0 Å². The van der Waals surface area contributed by atoms with E-state index >= 15 is 0 Å². The first-order valence-corrected chi connectivity index (χ1v) is 4.97. The molecule has 0 unspecified atom stereocenters. The molecule has 2 rings (SSSR count). The van der Waals surface area contributed by atoms with Crippen LogP contribution in [0.25, 0.3) is 0 Å². The second kappa shape index (κ2) is 4.25. The minimum Gasteiger partial charge on any atom is -0.508 e. The molecule has 0 saturated heterocycles. The first-order valence-electron chi connectivity index (χ1n) is 4.97. The number of rotatable bonds is 2. The fourth-order valence-corrected chi connectivity index (χ4v) is 1.31. The second-order valence-corrected chi connectivity index (χ2v) is 3.60. The number of amides is 1. The molecule has 0 fully saturated rings. The third kappa shape index (κ3) is 2.41. The number of hydrogen-bond acceptors (Lipinski definition) is 5. The smallest absolute Gasteiger partial charge is 0.328 e. The highest BCUT2D eigenvalue weighted by Gasteiger charge is 2.11. The van der Waals surface area contributed by atoms with Crippen molar-refractivity contribution < 1.29 is 14.4 Å². The normalized spacial score (nSPS) is 10.2. The Morgan fingerprint density at radius 3 is 2.76 bits per heavy atom. The average molecular weight is 233 g/mol. The quantitative estimate of drug-likeness (QED) is 0.823. The Morgan fingerprint density at radius 2 is 2.18 bits per heavy atom. The number of aromatic nitrogens is 2. The third-order valence-corrected chi connectivity index (χ3v) is 2.21. The number of phenolic OH excluding ortho intramolecular Hbond substituents is 1. The average Bonchev–Trinajstić information content (AvgIpc) is 2.68. The van der Waals surface area contributed by atoms with Crippen LogP contribution >= 0.6 is 0 Å². The van der Waals surface area contributed by atoms with Crippen LogP contribution in [0.2, 0.25) is 0 Å². The largest absolute Gasteiger partial charge is 0.508 e. The maximum Gasteiger partial charge on any atom is 0.328 e. The SMILES string of the molecule is Cc1noc(NC(=O)c2ccc(O)c(C)c2)n1. The van der Waals surface area contributed by atoms with E-state index in [9.17, 15) is 9.90 Å². The number of nitrogens with one attached hydrogen (secondary N) is 1. The maximum atomic E-state index is 11.8. The summed E-state index contributed by atoms with van der Waals surface area (Å²) in [5, 5.41) is 15.4. The van der Waals surface area contributed by atoms with Crippen molar-refractivity contribution >= 4 is 11.9 Å². The highest BCUT2D eigenvalue weighted by atomic mass is 16.5. The fraction of sp³-hybridized carbons (Fsp3) is 0.182. The Kier molecular flexibility index (Phi) is 2.78. The molecule has 0 spiro atoms. The van der Waals surface area contributed by atoms with E-state index in [2.05, 4.69) is 15.5 Å². The van der Waals surface area contributed by atoms with Crippen LogP contribution in [-0.4, -0.2) is 21.2 Å². The molecule has 6 nitrogen and oxygen atoms in total. The summed E-state index contributed by atoms with van der Waals surface area (Å²) in [7, 11) is 0. The van der Waals surface area contributed by atoms with Gasteiger partial charge in [0.25, 0.3) is 5.91 Å². The summed E-state index contributed by atoms with van der Waals surface area (Å²) >= 11 is 0. The summed E-state index contributed by atoms with van der Waals surface area (Å²) < 4.78 is 4.77. The van der Waals surface area contributed by atoms with Gasteiger partial charge in [-0.1, -0.05) is 5.16 Å². The van der Waals surface area contributed by atoms with Gasteiger partial charge in [-0.15, -0.1) is 0 Å². The molecule has 2 N–H and O–H groups in total. The number of aryl methyl sites for hydroxylation is 2. The molecule has 0 saturated carbocycles. The molecule has 0 atom stereocenters. The summed E-state index contributed by atoms with van der Waals surface area (Å²) in [6, 6.07) is 4.61. The predicted molar refractivity (Wildman–Crippen MR) is 59.8 cm³/mol. The Labute approximate surface area is 97.3 Å². The van der Waals surface area contributed by atoms with Gasteiger partial charge in [0.1, 0.15) is 5.75 Å². The zero-order valence-electron chi connectivity index (χ0n) is 9.39. The van der Waals surface area contributed by atoms with Crippen molar-refractivity contribution in [3.05, 3.63) is 35.2 Å². The van der Waals surface area contributed by atoms with Crippen molar-refractivity contribution in [2.75, 3.05) is 5.32 Å². The van der Waals surface area contributed by atoms with Gasteiger partial charge in [0, 0.05) is 5.56 Å². The lowest BCUT2D eigenvalue weighted by atomic mass is 10.1. The third-order valence-electron chi connectivity index (χ3n) is 2.21. The molecule has 1 aromatic heterocycles. The number of carbonyl (C=O) groups excluding carboxylic acids is 1. The molecular weight excluding hydrogens is 222 g/mol. The Bertz CT molecular complexity index is 563. The van der Waals surface area contributed by atoms with E-state index in [1.807, 2.05) is 0 Å². The van der Waals surface area contributed by atoms with Crippen LogP contribution in [0.3, 0.4) is 0 Å². The lowest BCUT2D eigenvalue weighted by molar-refractivity contribution is 0.102. The number of phenols is 1. The van der Waals surface area contributed by atoms with Gasteiger partial charge in [0.2, 0.25) is 0 Å². The van der Waals surface area contributed by atoms with E-state index in [-0.39, 0.29) is 17.7 Å². The highest BCUT2D eigenvalue weighted by molar-refractivity contribution is 6.03. The molecule has 2 aromatic rings. The molecule has 0 radical (unpaired) electrons. The van der Waals surface area contributed by atoms with Crippen LogP contribution < -0.4 is 5.32 Å². The van der Waals surface area contributed by atoms with E-state index in [0.29, 0.717) is 17.0 Å². The summed E-state index contributed by atoms with van der Waals surface area (Å²) in [6.45, 7) is 3.37. The number of hydrogen-bond donors (Lipinski definition) is 2. The molecule has 1 heterocycles. The number of carbonyl (C=O) groups is 1. The summed E-state index contributed by atoms with van der Waals surface area (Å²) in [6.07, 6.45) is 0. The molecule has 6 heteroatoms. The van der Waals surface area contributed by atoms with Crippen LogP contribution in [0.4, 0.5) is 6.01 Å². The van der Waals surface area contributed by atoms with Crippen LogP contribution in [0.1, 0.15) is 21.7 Å². The second-order valence-electron chi connectivity index (χ2n) is 3.60. The fourth-order valence-electron chi connectivity index (χ4n) is 1.31. The van der Waals surface area contributed by atoms with Gasteiger partial charge in [0.05, 0.1) is 0 Å². The number of anilines is 1. The summed E-state index contributed by atoms with van der Waals surface area (Å²) in [5.41, 5.74) is 1.04. The lowest BCUT2D eigenvalue weighted by Crippen LogP contribution is -2.12. The van der Waals surface area contributed by atoms with Crippen LogP contribution in [0.5, 0.6) is 5.75 Å². The van der Waals surface area contributed by atoms with Crippen molar-refractivity contribution in [3.63, 3.8) is 0 Å². The van der Waals surface area contributed by atoms with Crippen molar-refractivity contribution in [2.24, 2.45) is 0 Å². The highest BCUT2D eigenvalue weighted by Crippen LogP contribution is 2.17. The van der Waals surface area contributed by atoms with Crippen LogP contribution in [0.15, 0.2) is 22.7 Å². The molecular formula is C11H11N3O3. The van der Waals surface area contributed by atoms with Crippen LogP contribution in [0, 0.1) is 13.8 Å². The predicted octanol–water partition coefficient (Wildman–Crippen LogP) is 1.64. The topological polar surface area (TPSA) is 88.2 Å². The lowest BCUT2D eigenvalue weighted by Gasteiger charge is -2.03. The van der Waals surface area contributed by atoms with Gasteiger partial charge in [-0.2, -0.15) is 4.98 Å². The summed E-state index contributed by atoms with van der Waals surface area (Å²) in [4.78, 5) is 15.6. The Morgan fingerprint density at radius 1 is 1.41 bits per heavy atom. The Hall–Kier alpha value is -2.37. The number of benzene rings is 1. The molecule has 17 heavy (non-hydrogen) atoms. The minimum absolute atomic E-state index is 0.0539. The zero-order valence-corrected chi connectivity index (χ0v) is 9.39. The van der Waals surface area contributed by atoms with Crippen molar-refractivity contribution in [2.45, 2.75) is 13.8 Å². The van der Waals surface area contributed by atoms with Crippen molar-refractivity contribution in [1.29, 1.82) is 0 Å². The van der Waals surface area contributed by atoms with E-state index in [1.54, 1.807) is 19.9 Å². The number of nitrogens with zero attached hydrogens (tertiary/aromatic N) is 2. The summed E-state index contributed by atoms with van der Waals surface area (Å²) in [5.74, 6) is 0.231. The molecule has 88 valence electrons. The molecule has 0 bridgehead atoms. The molecule has 1 aromatic carbocycles. The van der Waals surface area contributed by atoms with Crippen molar-refractivity contribution in [3.8, 4) is 5.75 Å². The first-order chi connectivity index (χ1) is 8.06. The van der Waals surface area contributed by atoms with Gasteiger partial charge >= 0.3 is 6.01 Å². The van der Waals surface area contributed by atoms with E-state index in [0.717, 1.165) is 0 Å². The maximum absolute atomic E-state index is 11.8. The zero-order chi connectivity index (χ0) is 12.4. The van der Waals surface area contributed by atoms with Gasteiger partial charge in [-0.3, -0.25) is 10.1 Å². The van der Waals surface area contributed by atoms with E-state index in [1.165, 1.54) is 12.1 Å². The van der Waals surface area contributed by atoms with Gasteiger partial charge in [-0.05, 0) is 37.6 Å². The van der Waals surface area contributed by atoms with E-state index in [4.69, 9.17) is 4.52 Å². The number of aromatic hydroxyl groups is 1. The first kappa shape index (κ1) is 11.1. The molecule has 1 amide bonds. The van der Waals surface area contributed by atoms with Crippen molar-refractivity contribution in [1.82, 2.24) is 10.1 Å². The monoisotopic (exact) mass is 233 g/mol. The van der Waals surface area contributed by atoms with Crippen LogP contribution in [-0.2, 0) is 0 Å². The minimum atomic E-state index is -0.364. The van der Waals surface area contributed by atoms with E-state index < -0.39 is 0 Å². The standard InChI is InChI=1S/C11H11N3O3/c1-6-5-8(3-4-9(6)15)10(16)13-11-12-7(2)14-17-11/h3-5,15H,1-2H3,(H,12,13,14,16). The molecule has 0 aliphatic heterocycles. The molecule has 0 aliphatic carbocycles. The van der Waals surface area contributed by atoms with Gasteiger partial charge in [0.15, 0.2) is 5.82 Å². The van der Waals surface area contributed by atoms with Gasteiger partial charge < -0.3 is 9.63 Å². The molecule has 0 aliphatic rings.